The van der Waals surface area contributed by atoms with Crippen molar-refractivity contribution in [1.29, 1.82) is 0 Å². The first-order chi connectivity index (χ1) is 17.9. The summed E-state index contributed by atoms with van der Waals surface area (Å²) in [5, 5.41) is 8.56. The largest absolute Gasteiger partial charge is 0.381 e. The minimum absolute atomic E-state index is 0.0765. The Kier molecular flexibility index (Phi) is 4.98. The number of nitrogens with zero attached hydrogens (tertiary/aromatic N) is 5. The minimum atomic E-state index is -0.563. The lowest BCUT2D eigenvalue weighted by Gasteiger charge is -2.23. The molecule has 0 saturated heterocycles. The van der Waals surface area contributed by atoms with Gasteiger partial charge in [-0.1, -0.05) is 24.1 Å². The van der Waals surface area contributed by atoms with Crippen molar-refractivity contribution >= 4 is 33.8 Å². The van der Waals surface area contributed by atoms with Crippen molar-refractivity contribution in [2.24, 2.45) is 0 Å². The molecule has 0 unspecified atom stereocenters. The molecule has 0 bridgehead atoms. The van der Waals surface area contributed by atoms with Gasteiger partial charge in [-0.25, -0.2) is 9.50 Å². The van der Waals surface area contributed by atoms with E-state index in [2.05, 4.69) is 26.2 Å². The summed E-state index contributed by atoms with van der Waals surface area (Å²) in [4.78, 5) is 34.0. The monoisotopic (exact) mass is 489 g/mol. The fourth-order valence-corrected chi connectivity index (χ4v) is 5.27. The van der Waals surface area contributed by atoms with Gasteiger partial charge in [-0.05, 0) is 37.3 Å². The number of hydrogen-bond donors (Lipinski definition) is 2. The van der Waals surface area contributed by atoms with Crippen LogP contribution in [0.4, 0.5) is 11.5 Å². The molecule has 4 heterocycles. The van der Waals surface area contributed by atoms with Crippen LogP contribution in [0.2, 0.25) is 0 Å². The summed E-state index contributed by atoms with van der Waals surface area (Å²) in [6.07, 6.45) is 9.07. The van der Waals surface area contributed by atoms with Crippen LogP contribution in [0.25, 0.3) is 22.1 Å². The number of fused-ring (bicyclic) bond motifs is 1. The minimum Gasteiger partial charge on any atom is -0.381 e. The number of amides is 1. The molecule has 1 atom stereocenters. The summed E-state index contributed by atoms with van der Waals surface area (Å²) < 4.78 is 3.12. The third-order valence-electron chi connectivity index (χ3n) is 6.84. The lowest BCUT2D eigenvalue weighted by molar-refractivity contribution is 0.0941. The van der Waals surface area contributed by atoms with E-state index in [1.54, 1.807) is 23.0 Å². The molecular weight excluding hydrogens is 466 g/mol. The molecule has 0 aliphatic carbocycles. The number of nitrogens with one attached hydrogen (secondary N) is 1. The molecule has 0 spiro atoms. The molecule has 9 heteroatoms. The summed E-state index contributed by atoms with van der Waals surface area (Å²) in [7, 11) is 1.97. The van der Waals surface area contributed by atoms with Gasteiger partial charge in [0.2, 0.25) is 0 Å². The van der Waals surface area contributed by atoms with Gasteiger partial charge in [-0.15, -0.1) is 11.5 Å². The van der Waals surface area contributed by atoms with Crippen molar-refractivity contribution in [3.8, 4) is 18.0 Å². The van der Waals surface area contributed by atoms with Crippen molar-refractivity contribution in [3.05, 3.63) is 93.7 Å². The zero-order valence-electron chi connectivity index (χ0n) is 20.3. The molecule has 37 heavy (non-hydrogen) atoms. The molecule has 1 amide bonds. The van der Waals surface area contributed by atoms with E-state index in [-0.39, 0.29) is 16.9 Å². The van der Waals surface area contributed by atoms with Crippen molar-refractivity contribution in [2.45, 2.75) is 19.5 Å². The van der Waals surface area contributed by atoms with Gasteiger partial charge < -0.3 is 16.0 Å². The van der Waals surface area contributed by atoms with E-state index >= 15 is 0 Å². The van der Waals surface area contributed by atoms with Crippen LogP contribution in [0.5, 0.6) is 0 Å². The molecule has 0 saturated carbocycles. The van der Waals surface area contributed by atoms with Crippen molar-refractivity contribution in [2.75, 3.05) is 17.7 Å². The van der Waals surface area contributed by atoms with Crippen molar-refractivity contribution < 1.29 is 4.79 Å². The average molecular weight is 490 g/mol. The Labute approximate surface area is 212 Å². The molecule has 1 aliphatic heterocycles. The number of carbonyl (C=O) groups excluding carboxylic acids is 1. The Balaban J connectivity index is 1.58. The predicted octanol–water partition coefficient (Wildman–Crippen LogP) is 3.04. The highest BCUT2D eigenvalue weighted by Crippen LogP contribution is 2.40. The number of pyridine rings is 1. The number of anilines is 2. The molecule has 3 aromatic heterocycles. The van der Waals surface area contributed by atoms with Crippen molar-refractivity contribution in [3.63, 3.8) is 0 Å². The van der Waals surface area contributed by atoms with Gasteiger partial charge in [0.25, 0.3) is 11.5 Å². The number of nitrogen functional groups attached to an aromatic ring is 1. The summed E-state index contributed by atoms with van der Waals surface area (Å²) in [5.74, 6) is 2.33. The highest BCUT2D eigenvalue weighted by molar-refractivity contribution is 6.05. The van der Waals surface area contributed by atoms with Crippen LogP contribution < -0.4 is 21.5 Å². The van der Waals surface area contributed by atoms with Gasteiger partial charge in [-0.3, -0.25) is 14.2 Å². The number of nitrogens with two attached hydrogens (primary N) is 1. The second kappa shape index (κ2) is 8.24. The Morgan fingerprint density at radius 1 is 1.16 bits per heavy atom. The lowest BCUT2D eigenvalue weighted by atomic mass is 9.97. The van der Waals surface area contributed by atoms with Gasteiger partial charge in [0.1, 0.15) is 5.56 Å². The SMILES string of the molecule is C#Cc1ccc2c3c(c([C@@H](C)NC(=O)c4c(N)nn5cccnc45)n(-c4ccccc4)c(=O)c13)CN2C. The van der Waals surface area contributed by atoms with Gasteiger partial charge in [0.05, 0.1) is 17.1 Å². The number of para-hydroxylation sites is 1. The number of terminal acetylenes is 1. The number of benzene rings is 2. The molecule has 6 rings (SSSR count). The van der Waals surface area contributed by atoms with E-state index in [1.807, 2.05) is 56.4 Å². The Hall–Kier alpha value is -5.10. The Bertz CT molecular complexity index is 1830. The molecular formula is C28H23N7O2. The summed E-state index contributed by atoms with van der Waals surface area (Å²) in [6.45, 7) is 2.41. The molecule has 5 aromatic rings. The van der Waals surface area contributed by atoms with Crippen LogP contribution in [0, 0.1) is 12.3 Å². The molecule has 0 fully saturated rings. The average Bonchev–Trinajstić information content (AvgIpc) is 3.42. The highest BCUT2D eigenvalue weighted by atomic mass is 16.2. The Morgan fingerprint density at radius 2 is 1.95 bits per heavy atom. The van der Waals surface area contributed by atoms with Crippen LogP contribution in [-0.4, -0.2) is 32.1 Å². The van der Waals surface area contributed by atoms with E-state index in [0.717, 1.165) is 16.6 Å². The van der Waals surface area contributed by atoms with Crippen LogP contribution in [0.1, 0.15) is 40.1 Å². The van der Waals surface area contributed by atoms with E-state index in [4.69, 9.17) is 12.2 Å². The maximum Gasteiger partial charge on any atom is 0.264 e. The van der Waals surface area contributed by atoms with Crippen LogP contribution >= 0.6 is 0 Å². The summed E-state index contributed by atoms with van der Waals surface area (Å²) in [5.41, 5.74) is 10.2. The van der Waals surface area contributed by atoms with Gasteiger partial charge in [0.15, 0.2) is 11.5 Å². The normalized spacial score (nSPS) is 13.2. The first-order valence-corrected chi connectivity index (χ1v) is 11.8. The van der Waals surface area contributed by atoms with E-state index in [1.165, 1.54) is 4.52 Å². The molecule has 2 aromatic carbocycles. The number of rotatable bonds is 4. The fraction of sp³-hybridized carbons (Fsp3) is 0.143. The van der Waals surface area contributed by atoms with E-state index < -0.39 is 11.9 Å². The second-order valence-corrected chi connectivity index (χ2v) is 9.07. The molecule has 0 radical (unpaired) electrons. The van der Waals surface area contributed by atoms with E-state index in [0.29, 0.717) is 34.5 Å². The van der Waals surface area contributed by atoms with Crippen LogP contribution in [-0.2, 0) is 6.54 Å². The van der Waals surface area contributed by atoms with Gasteiger partial charge >= 0.3 is 0 Å². The predicted molar refractivity (Wildman–Crippen MR) is 143 cm³/mol. The van der Waals surface area contributed by atoms with Crippen LogP contribution in [0.3, 0.4) is 0 Å². The third kappa shape index (κ3) is 3.27. The third-order valence-corrected chi connectivity index (χ3v) is 6.84. The number of hydrogen-bond acceptors (Lipinski definition) is 6. The lowest BCUT2D eigenvalue weighted by Crippen LogP contribution is -2.34. The summed E-state index contributed by atoms with van der Waals surface area (Å²) in [6, 6.07) is 14.3. The summed E-state index contributed by atoms with van der Waals surface area (Å²) >= 11 is 0. The molecule has 9 nitrogen and oxygen atoms in total. The molecule has 1 aliphatic rings. The number of aromatic nitrogens is 4. The van der Waals surface area contributed by atoms with E-state index in [9.17, 15) is 9.59 Å². The van der Waals surface area contributed by atoms with Gasteiger partial charge in [-0.2, -0.15) is 0 Å². The first-order valence-electron chi connectivity index (χ1n) is 11.8. The standard InChI is InChI=1S/C28H23N7O2/c1-4-17-11-12-20-22-19(15-33(20)3)24(35(28(37)21(17)22)18-9-6-5-7-10-18)16(2)31-27(36)23-25(29)32-34-14-8-13-30-26(23)34/h1,5-14,16H,15H2,2-3H3,(H2,29,32)(H,31,36)/t16-/m1/s1. The smallest absolute Gasteiger partial charge is 0.264 e. The van der Waals surface area contributed by atoms with Gasteiger partial charge in [0, 0.05) is 53.9 Å². The van der Waals surface area contributed by atoms with Crippen LogP contribution in [0.15, 0.2) is 65.7 Å². The molecule has 182 valence electrons. The maximum absolute atomic E-state index is 14.1. The second-order valence-electron chi connectivity index (χ2n) is 9.07. The zero-order chi connectivity index (χ0) is 25.8. The maximum atomic E-state index is 14.1. The zero-order valence-corrected chi connectivity index (χ0v) is 20.3. The molecule has 3 N–H and O–H groups in total. The quantitative estimate of drug-likeness (QED) is 0.376. The highest BCUT2D eigenvalue weighted by Gasteiger charge is 2.31. The fourth-order valence-electron chi connectivity index (χ4n) is 5.27. The van der Waals surface area contributed by atoms with Crippen molar-refractivity contribution in [1.82, 2.24) is 24.5 Å². The number of carbonyl (C=O) groups is 1. The Morgan fingerprint density at radius 3 is 2.70 bits per heavy atom. The first kappa shape index (κ1) is 22.4. The topological polar surface area (TPSA) is 111 Å².